The van der Waals surface area contributed by atoms with Gasteiger partial charge in [0.2, 0.25) is 5.82 Å². The van der Waals surface area contributed by atoms with Gasteiger partial charge in [0.15, 0.2) is 5.82 Å². The van der Waals surface area contributed by atoms with Gasteiger partial charge >= 0.3 is 47.7 Å². The van der Waals surface area contributed by atoms with Crippen molar-refractivity contribution in [3.63, 3.8) is 0 Å². The Kier molecular flexibility index (Phi) is 36.1. The van der Waals surface area contributed by atoms with Gasteiger partial charge in [-0.1, -0.05) is 226 Å². The molecule has 8 aromatic rings. The number of imidazole rings is 2. The summed E-state index contributed by atoms with van der Waals surface area (Å²) in [4.78, 5) is 67.9. The number of carbonyl (C=O) groups excluding carboxylic acids is 4. The summed E-state index contributed by atoms with van der Waals surface area (Å²) in [6.07, 6.45) is 4.84. The molecule has 0 saturated carbocycles. The summed E-state index contributed by atoms with van der Waals surface area (Å²) >= 11 is 0. The SMILES string of the molecule is C.C.CNOC.CON(C)C(=O)c1nc(-c2ccc(C[C@@H](CCO[Si](c3ccccc3)(c3ccccc3)C(C)(C)C)NC(=O)OC(C)(C)C)cc2)cn1C.Cl.Cn1cc(-c2ccc(C[C@@H](CCO[Si](c3ccccc3)(c3ccccc3)C(C)(C)C)NC(=O)OC(C)(C)C)cc2)nc1C(=O)[O-].[Na+]. The van der Waals surface area contributed by atoms with Crippen LogP contribution in [0.25, 0.3) is 22.5 Å². The zero-order chi connectivity index (χ0) is 71.4. The molecule has 6 aromatic carbocycles. The number of halogens is 1. The summed E-state index contributed by atoms with van der Waals surface area (Å²) in [5.74, 6) is -1.51. The van der Waals surface area contributed by atoms with Crippen LogP contribution >= 0.6 is 12.4 Å². The van der Waals surface area contributed by atoms with Crippen molar-refractivity contribution >= 4 is 73.9 Å². The second-order valence-electron chi connectivity index (χ2n) is 27.9. The Balaban J connectivity index is 0.000000629. The Labute approximate surface area is 631 Å². The van der Waals surface area contributed by atoms with E-state index in [1.165, 1.54) is 32.4 Å². The number of amides is 3. The van der Waals surface area contributed by atoms with Crippen molar-refractivity contribution in [2.45, 2.75) is 157 Å². The second-order valence-corrected chi connectivity index (χ2v) is 36.5. The maximum atomic E-state index is 13.0. The van der Waals surface area contributed by atoms with E-state index in [1.54, 1.807) is 46.1 Å². The fraction of sp³-hybridized carbons (Fsp3) is 0.410. The fourth-order valence-electron chi connectivity index (χ4n) is 11.6. The fourth-order valence-corrected chi connectivity index (χ4v) is 20.8. The molecule has 101 heavy (non-hydrogen) atoms. The van der Waals surface area contributed by atoms with Crippen LogP contribution < -0.4 is 71.5 Å². The number of aryl methyl sites for hydroxylation is 2. The molecule has 0 saturated heterocycles. The van der Waals surface area contributed by atoms with E-state index in [-0.39, 0.29) is 96.5 Å². The minimum absolute atomic E-state index is 0. The van der Waals surface area contributed by atoms with Crippen LogP contribution in [0.4, 0.5) is 9.59 Å². The molecule has 0 unspecified atom stereocenters. The first-order valence-electron chi connectivity index (χ1n) is 32.7. The number of nitrogens with zero attached hydrogens (tertiary/aromatic N) is 5. The number of carbonyl (C=O) groups is 4. The summed E-state index contributed by atoms with van der Waals surface area (Å²) < 4.78 is 28.6. The van der Waals surface area contributed by atoms with Gasteiger partial charge in [-0.05, 0) is 109 Å². The number of hydrogen-bond donors (Lipinski definition) is 3. The molecule has 544 valence electrons. The Morgan fingerprint density at radius 3 is 1.07 bits per heavy atom. The Bertz CT molecular complexity index is 3690. The first-order chi connectivity index (χ1) is 45.7. The molecule has 8 rings (SSSR count). The van der Waals surface area contributed by atoms with Crippen molar-refractivity contribution in [1.29, 1.82) is 0 Å². The topological polar surface area (TPSA) is 222 Å². The largest absolute Gasteiger partial charge is 1.00 e. The molecular formula is C78H110ClN8NaO11Si2. The number of aromatic nitrogens is 4. The minimum atomic E-state index is -2.74. The molecule has 0 aliphatic rings. The first-order valence-corrected chi connectivity index (χ1v) is 36.5. The van der Waals surface area contributed by atoms with Crippen molar-refractivity contribution in [1.82, 2.24) is 40.3 Å². The summed E-state index contributed by atoms with van der Waals surface area (Å²) in [6.45, 7) is 25.5. The third-order valence-corrected chi connectivity index (χ3v) is 26.3. The number of aromatic carboxylic acids is 1. The van der Waals surface area contributed by atoms with Crippen LogP contribution in [-0.4, -0.2) is 130 Å². The molecule has 2 aromatic heterocycles. The van der Waals surface area contributed by atoms with Crippen LogP contribution in [0.15, 0.2) is 182 Å². The number of nitrogens with one attached hydrogen (secondary N) is 3. The Morgan fingerprint density at radius 1 is 0.515 bits per heavy atom. The molecule has 0 aliphatic heterocycles. The monoisotopic (exact) mass is 1450 g/mol. The molecule has 19 nitrogen and oxygen atoms in total. The average Bonchev–Trinajstić information content (AvgIpc) is 1.50. The van der Waals surface area contributed by atoms with Gasteiger partial charge < -0.3 is 52.8 Å². The Morgan fingerprint density at radius 2 is 0.812 bits per heavy atom. The van der Waals surface area contributed by atoms with E-state index in [1.807, 2.05) is 121 Å². The van der Waals surface area contributed by atoms with E-state index >= 15 is 0 Å². The summed E-state index contributed by atoms with van der Waals surface area (Å²) in [6, 6.07) is 57.3. The van der Waals surface area contributed by atoms with Gasteiger partial charge in [0.05, 0.1) is 25.6 Å². The van der Waals surface area contributed by atoms with E-state index in [0.717, 1.165) is 27.3 Å². The smallest absolute Gasteiger partial charge is 0.542 e. The van der Waals surface area contributed by atoms with Gasteiger partial charge in [0.1, 0.15) is 17.2 Å². The van der Waals surface area contributed by atoms with Gasteiger partial charge in [-0.2, -0.15) is 0 Å². The number of carboxylic acids is 1. The van der Waals surface area contributed by atoms with E-state index < -0.39 is 46.0 Å². The van der Waals surface area contributed by atoms with Gasteiger partial charge in [-0.3, -0.25) is 9.63 Å². The third kappa shape index (κ3) is 25.3. The number of rotatable bonds is 24. The van der Waals surface area contributed by atoms with Crippen molar-refractivity contribution in [2.75, 3.05) is 41.5 Å². The maximum Gasteiger partial charge on any atom is 1.00 e. The van der Waals surface area contributed by atoms with E-state index in [9.17, 15) is 24.3 Å². The average molecular weight is 1450 g/mol. The standard InChI is InChI=1S/C38H50N4O5Si.C36H45N3O5Si.C2H7NO.2CH4.ClH.Na/c1-37(2,3)47-36(44)39-30(26-28-20-22-29(23-21-28)33-27-41(7)34(40-33)35(43)42(8)45-9)24-25-46-48(38(4,5)6,31-16-12-10-13-17-31)32-18-14-11-15-19-32;1-35(2,3)44-34(42)37-28(24-26-18-20-27(21-19-26)31-25-39(7)32(38-31)33(40)41)22-23-43-45(36(4,5)6,29-14-10-8-11-15-29)30-16-12-9-13-17-30;1-3-4-2;;;;/h10-23,27,30H,24-26H2,1-9H3,(H,39,44);8-21,25,28H,22-24H2,1-7H3,(H,37,42)(H,40,41);3H,1-2H3;2*1H4;1H;/q;;;;;;+1/p-1/t30-;28-;;;;;/m11...../s1. The van der Waals surface area contributed by atoms with Crippen LogP contribution in [0.3, 0.4) is 0 Å². The van der Waals surface area contributed by atoms with Gasteiger partial charge in [-0.25, -0.2) is 30.1 Å². The number of alkyl carbamates (subject to hydrolysis) is 2. The van der Waals surface area contributed by atoms with Crippen molar-refractivity contribution in [3.05, 3.63) is 205 Å². The molecule has 0 bridgehead atoms. The van der Waals surface area contributed by atoms with Crippen LogP contribution in [0.1, 0.15) is 143 Å². The van der Waals surface area contributed by atoms with E-state index in [4.69, 9.17) is 23.2 Å². The quantitative estimate of drug-likeness (QED) is 0.0379. The van der Waals surface area contributed by atoms with Crippen LogP contribution in [0.2, 0.25) is 10.1 Å². The first kappa shape index (κ1) is 89.8. The molecule has 0 aliphatic carbocycles. The summed E-state index contributed by atoms with van der Waals surface area (Å²) in [5, 5.41) is 23.2. The number of hydroxylamine groups is 3. The van der Waals surface area contributed by atoms with E-state index in [0.29, 0.717) is 50.3 Å². The molecule has 3 amide bonds. The number of ether oxygens (including phenoxy) is 2. The number of carboxylic acid groups (broad SMARTS) is 1. The predicted octanol–water partition coefficient (Wildman–Crippen LogP) is 9.44. The molecule has 0 radical (unpaired) electrons. The minimum Gasteiger partial charge on any atom is -0.542 e. The van der Waals surface area contributed by atoms with Crippen molar-refractivity contribution in [2.24, 2.45) is 14.1 Å². The second kappa shape index (κ2) is 40.6. The van der Waals surface area contributed by atoms with Gasteiger partial charge in [0, 0.05) is 77.0 Å². The molecule has 3 N–H and O–H groups in total. The van der Waals surface area contributed by atoms with Crippen LogP contribution in [0, 0.1) is 0 Å². The van der Waals surface area contributed by atoms with Gasteiger partial charge in [0.25, 0.3) is 16.6 Å². The van der Waals surface area contributed by atoms with Crippen molar-refractivity contribution < 1.29 is 81.8 Å². The molecule has 0 spiro atoms. The normalized spacial score (nSPS) is 12.1. The van der Waals surface area contributed by atoms with Gasteiger partial charge in [-0.15, -0.1) is 12.4 Å². The molecule has 0 fully saturated rings. The zero-order valence-corrected chi connectivity index (χ0v) is 66.2. The van der Waals surface area contributed by atoms with Crippen LogP contribution in [-0.2, 0) is 54.9 Å². The predicted molar refractivity (Wildman–Crippen MR) is 408 cm³/mol. The zero-order valence-electron chi connectivity index (χ0n) is 61.4. The number of benzene rings is 6. The molecule has 23 heteroatoms. The maximum absolute atomic E-state index is 13.0. The van der Waals surface area contributed by atoms with Crippen LogP contribution in [0.5, 0.6) is 0 Å². The summed E-state index contributed by atoms with van der Waals surface area (Å²) in [7, 11) is 4.19. The molecular weight excluding hydrogens is 1340 g/mol. The number of hydrogen-bond acceptors (Lipinski definition) is 14. The Hall–Kier alpha value is -7.26. The third-order valence-electron chi connectivity index (χ3n) is 16.2. The summed E-state index contributed by atoms with van der Waals surface area (Å²) in [5.41, 5.74) is 6.10. The van der Waals surface area contributed by atoms with Crippen molar-refractivity contribution in [3.8, 4) is 22.5 Å². The molecule has 2 heterocycles. The molecule has 2 atom stereocenters. The van der Waals surface area contributed by atoms with E-state index in [2.05, 4.69) is 170 Å².